The zero-order chi connectivity index (χ0) is 16.0. The quantitative estimate of drug-likeness (QED) is 0.932. The van der Waals surface area contributed by atoms with E-state index in [1.807, 2.05) is 24.3 Å². The fourth-order valence-corrected chi connectivity index (χ4v) is 3.22. The van der Waals surface area contributed by atoms with E-state index in [4.69, 9.17) is 5.73 Å². The van der Waals surface area contributed by atoms with E-state index < -0.39 is 5.54 Å². The Labute approximate surface area is 134 Å². The number of amides is 1. The molecule has 6 heteroatoms. The van der Waals surface area contributed by atoms with Gasteiger partial charge in [-0.25, -0.2) is 4.99 Å². The van der Waals surface area contributed by atoms with Crippen LogP contribution in [0.15, 0.2) is 47.8 Å². The number of hydrogen-bond donors (Lipinski definition) is 1. The summed E-state index contributed by atoms with van der Waals surface area (Å²) in [4.78, 5) is 27.3. The van der Waals surface area contributed by atoms with Crippen LogP contribution in [0.1, 0.15) is 18.4 Å². The maximum absolute atomic E-state index is 12.9. The first-order valence-electron chi connectivity index (χ1n) is 7.63. The van der Waals surface area contributed by atoms with Crippen LogP contribution in [-0.4, -0.2) is 33.8 Å². The van der Waals surface area contributed by atoms with Crippen molar-refractivity contribution in [3.63, 3.8) is 0 Å². The van der Waals surface area contributed by atoms with Crippen LogP contribution in [0.5, 0.6) is 0 Å². The predicted octanol–water partition coefficient (Wildman–Crippen LogP) is 1.54. The van der Waals surface area contributed by atoms with Gasteiger partial charge in [-0.3, -0.25) is 19.7 Å². The molecule has 0 bridgehead atoms. The van der Waals surface area contributed by atoms with Gasteiger partial charge >= 0.3 is 0 Å². The van der Waals surface area contributed by atoms with Crippen LogP contribution in [0.25, 0.3) is 11.3 Å². The molecule has 6 nitrogen and oxygen atoms in total. The highest BCUT2D eigenvalue weighted by atomic mass is 16.2. The van der Waals surface area contributed by atoms with Crippen molar-refractivity contribution in [1.82, 2.24) is 14.9 Å². The van der Waals surface area contributed by atoms with E-state index in [9.17, 15) is 4.79 Å². The maximum atomic E-state index is 12.9. The zero-order valence-electron chi connectivity index (χ0n) is 12.8. The summed E-state index contributed by atoms with van der Waals surface area (Å²) in [6.45, 7) is 0. The van der Waals surface area contributed by atoms with Gasteiger partial charge in [0, 0.05) is 25.0 Å². The molecule has 1 aliphatic heterocycles. The number of aromatic nitrogens is 2. The van der Waals surface area contributed by atoms with Crippen molar-refractivity contribution in [3.8, 4) is 11.3 Å². The lowest BCUT2D eigenvalue weighted by molar-refractivity contribution is -0.131. The number of benzene rings is 1. The minimum Gasteiger partial charge on any atom is -0.369 e. The summed E-state index contributed by atoms with van der Waals surface area (Å²) in [6, 6.07) is 7.83. The van der Waals surface area contributed by atoms with Crippen molar-refractivity contribution >= 4 is 11.9 Å². The fourth-order valence-electron chi connectivity index (χ4n) is 3.22. The first kappa shape index (κ1) is 13.9. The van der Waals surface area contributed by atoms with E-state index in [1.54, 1.807) is 25.6 Å². The average molecular weight is 307 g/mol. The van der Waals surface area contributed by atoms with Gasteiger partial charge in [0.05, 0.1) is 11.9 Å². The Kier molecular flexibility index (Phi) is 2.94. The van der Waals surface area contributed by atoms with Crippen LogP contribution in [0.4, 0.5) is 0 Å². The normalized spacial score (nSPS) is 24.0. The molecule has 1 aromatic carbocycles. The topological polar surface area (TPSA) is 84.5 Å². The molecule has 0 radical (unpaired) electrons. The molecule has 2 heterocycles. The largest absolute Gasteiger partial charge is 0.369 e. The van der Waals surface area contributed by atoms with Crippen LogP contribution in [0.2, 0.25) is 0 Å². The molecule has 1 fully saturated rings. The summed E-state index contributed by atoms with van der Waals surface area (Å²) in [7, 11) is 1.68. The third kappa shape index (κ3) is 2.02. The number of nitrogens with two attached hydrogens (primary N) is 1. The van der Waals surface area contributed by atoms with E-state index >= 15 is 0 Å². The lowest BCUT2D eigenvalue weighted by Gasteiger charge is -2.25. The first-order valence-corrected chi connectivity index (χ1v) is 7.63. The highest BCUT2D eigenvalue weighted by Gasteiger charge is 2.57. The molecular formula is C17H17N5O. The second-order valence-corrected chi connectivity index (χ2v) is 6.05. The molecule has 2 aromatic rings. The number of guanidine groups is 1. The van der Waals surface area contributed by atoms with Gasteiger partial charge in [0.25, 0.3) is 5.91 Å². The summed E-state index contributed by atoms with van der Waals surface area (Å²) in [5.74, 6) is 0.455. The molecule has 1 aliphatic carbocycles. The number of aliphatic imine (C=N–C) groups is 1. The van der Waals surface area contributed by atoms with Gasteiger partial charge in [-0.05, 0) is 30.4 Å². The van der Waals surface area contributed by atoms with Crippen molar-refractivity contribution < 1.29 is 4.79 Å². The third-order valence-corrected chi connectivity index (χ3v) is 4.60. The van der Waals surface area contributed by atoms with Gasteiger partial charge in [-0.15, -0.1) is 0 Å². The maximum Gasteiger partial charge on any atom is 0.261 e. The van der Waals surface area contributed by atoms with E-state index in [2.05, 4.69) is 15.0 Å². The Morgan fingerprint density at radius 3 is 2.74 bits per heavy atom. The summed E-state index contributed by atoms with van der Waals surface area (Å²) < 4.78 is 0. The molecule has 0 saturated heterocycles. The number of rotatable bonds is 3. The van der Waals surface area contributed by atoms with Crippen LogP contribution >= 0.6 is 0 Å². The Morgan fingerprint density at radius 1 is 1.30 bits per heavy atom. The van der Waals surface area contributed by atoms with E-state index in [1.165, 1.54) is 4.90 Å². The Morgan fingerprint density at radius 2 is 2.13 bits per heavy atom. The number of carbonyl (C=O) groups excluding carboxylic acids is 1. The molecule has 1 atom stereocenters. The zero-order valence-corrected chi connectivity index (χ0v) is 12.8. The summed E-state index contributed by atoms with van der Waals surface area (Å²) in [5.41, 5.74) is 7.62. The molecule has 1 aromatic heterocycles. The van der Waals surface area contributed by atoms with E-state index in [-0.39, 0.29) is 17.8 Å². The molecule has 1 amide bonds. The number of hydrogen-bond acceptors (Lipinski definition) is 5. The highest BCUT2D eigenvalue weighted by molar-refractivity contribution is 6.07. The van der Waals surface area contributed by atoms with Crippen molar-refractivity contribution in [2.75, 3.05) is 7.05 Å². The molecule has 116 valence electrons. The van der Waals surface area contributed by atoms with Crippen LogP contribution in [0, 0.1) is 5.92 Å². The number of nitrogens with zero attached hydrogens (tertiary/aromatic N) is 4. The van der Waals surface area contributed by atoms with E-state index in [0.717, 1.165) is 29.7 Å². The Balaban J connectivity index is 1.85. The summed E-state index contributed by atoms with van der Waals surface area (Å²) in [6.07, 6.45) is 6.99. The van der Waals surface area contributed by atoms with Crippen LogP contribution in [0.3, 0.4) is 0 Å². The predicted molar refractivity (Wildman–Crippen MR) is 86.3 cm³/mol. The number of likely N-dealkylation sites (N-methyl/N-ethyl adjacent to an activating group) is 1. The van der Waals surface area contributed by atoms with Gasteiger partial charge in [0.15, 0.2) is 11.5 Å². The molecule has 4 rings (SSSR count). The monoisotopic (exact) mass is 307 g/mol. The smallest absolute Gasteiger partial charge is 0.261 e. The van der Waals surface area contributed by atoms with Gasteiger partial charge in [-0.1, -0.05) is 18.2 Å². The molecule has 0 spiro atoms. The first-order chi connectivity index (χ1) is 11.1. The summed E-state index contributed by atoms with van der Waals surface area (Å²) >= 11 is 0. The highest BCUT2D eigenvalue weighted by Crippen LogP contribution is 2.51. The van der Waals surface area contributed by atoms with Gasteiger partial charge in [-0.2, -0.15) is 0 Å². The Bertz CT molecular complexity index is 800. The average Bonchev–Trinajstić information content (AvgIpc) is 3.41. The van der Waals surface area contributed by atoms with E-state index in [0.29, 0.717) is 0 Å². The summed E-state index contributed by atoms with van der Waals surface area (Å²) in [5, 5.41) is 0. The second-order valence-electron chi connectivity index (χ2n) is 6.05. The lowest BCUT2D eigenvalue weighted by Crippen LogP contribution is -2.41. The Hall–Kier alpha value is -2.76. The third-order valence-electron chi connectivity index (χ3n) is 4.60. The lowest BCUT2D eigenvalue weighted by atomic mass is 9.84. The van der Waals surface area contributed by atoms with Crippen LogP contribution in [-0.2, 0) is 10.3 Å². The van der Waals surface area contributed by atoms with Crippen molar-refractivity contribution in [1.29, 1.82) is 0 Å². The van der Waals surface area contributed by atoms with Crippen LogP contribution < -0.4 is 5.73 Å². The SMILES string of the molecule is CN1C(=O)C(c2cccc(-c3cnccn3)c2)(C2CC2)N=C1N. The van der Waals surface area contributed by atoms with Crippen molar-refractivity contribution in [3.05, 3.63) is 48.4 Å². The molecule has 2 aliphatic rings. The molecule has 23 heavy (non-hydrogen) atoms. The minimum atomic E-state index is -0.878. The number of carbonyl (C=O) groups is 1. The fraction of sp³-hybridized carbons (Fsp3) is 0.294. The standard InChI is InChI=1S/C17H17N5O/c1-22-15(23)17(12-5-6-12,21-16(22)18)13-4-2-3-11(9-13)14-10-19-7-8-20-14/h2-4,7-10,12H,5-6H2,1H3,(H2,18,21). The van der Waals surface area contributed by atoms with Crippen molar-refractivity contribution in [2.45, 2.75) is 18.4 Å². The van der Waals surface area contributed by atoms with Gasteiger partial charge in [0.2, 0.25) is 0 Å². The molecular weight excluding hydrogens is 290 g/mol. The molecule has 2 N–H and O–H groups in total. The molecule has 1 unspecified atom stereocenters. The second kappa shape index (κ2) is 4.87. The van der Waals surface area contributed by atoms with Gasteiger partial charge < -0.3 is 5.73 Å². The van der Waals surface area contributed by atoms with Gasteiger partial charge in [0.1, 0.15) is 0 Å². The minimum absolute atomic E-state index is 0.0474. The molecule has 1 saturated carbocycles. The van der Waals surface area contributed by atoms with Crippen molar-refractivity contribution in [2.24, 2.45) is 16.6 Å².